The number of carbonyl (C=O) groups is 2. The van der Waals surface area contributed by atoms with Crippen LogP contribution >= 0.6 is 0 Å². The fourth-order valence-corrected chi connectivity index (χ4v) is 3.64. The fourth-order valence-electron chi connectivity index (χ4n) is 3.64. The number of hydrogen-bond acceptors (Lipinski definition) is 4. The summed E-state index contributed by atoms with van der Waals surface area (Å²) in [6, 6.07) is 15.3. The van der Waals surface area contributed by atoms with E-state index < -0.39 is 17.7 Å². The van der Waals surface area contributed by atoms with Gasteiger partial charge in [0, 0.05) is 11.3 Å². The molecule has 2 heterocycles. The zero-order chi connectivity index (χ0) is 20.7. The van der Waals surface area contributed by atoms with Crippen molar-refractivity contribution >= 4 is 23.1 Å². The predicted molar refractivity (Wildman–Crippen MR) is 111 cm³/mol. The van der Waals surface area contributed by atoms with E-state index in [-0.39, 0.29) is 11.3 Å². The van der Waals surface area contributed by atoms with Crippen molar-refractivity contribution in [1.82, 2.24) is 0 Å². The standard InChI is InChI=1S/C24H21NO4/c1-14-6-4-7-18(12-14)25-21(19-8-5-11-29-19)20(23(27)24(25)28)22(26)17-10-9-15(2)16(3)13-17/h4-13,21,26H,1-3H3/b22-20-. The van der Waals surface area contributed by atoms with Gasteiger partial charge >= 0.3 is 0 Å². The van der Waals surface area contributed by atoms with Crippen molar-refractivity contribution in [2.75, 3.05) is 4.90 Å². The Labute approximate surface area is 168 Å². The third-order valence-electron chi connectivity index (χ3n) is 5.32. The number of aryl methyl sites for hydroxylation is 3. The molecule has 146 valence electrons. The van der Waals surface area contributed by atoms with Crippen LogP contribution in [0.3, 0.4) is 0 Å². The van der Waals surface area contributed by atoms with Gasteiger partial charge in [-0.15, -0.1) is 0 Å². The second-order valence-corrected chi connectivity index (χ2v) is 7.32. The van der Waals surface area contributed by atoms with Gasteiger partial charge in [-0.1, -0.05) is 24.3 Å². The zero-order valence-electron chi connectivity index (χ0n) is 16.5. The number of hydrogen-bond donors (Lipinski definition) is 1. The molecule has 0 saturated carbocycles. The van der Waals surface area contributed by atoms with Gasteiger partial charge in [0.05, 0.1) is 11.8 Å². The monoisotopic (exact) mass is 387 g/mol. The van der Waals surface area contributed by atoms with Crippen LogP contribution in [0.25, 0.3) is 5.76 Å². The lowest BCUT2D eigenvalue weighted by molar-refractivity contribution is -0.132. The van der Waals surface area contributed by atoms with Crippen molar-refractivity contribution in [1.29, 1.82) is 0 Å². The summed E-state index contributed by atoms with van der Waals surface area (Å²) in [5, 5.41) is 11.1. The van der Waals surface area contributed by atoms with Crippen molar-refractivity contribution in [3.8, 4) is 0 Å². The smallest absolute Gasteiger partial charge is 0.300 e. The summed E-state index contributed by atoms with van der Waals surface area (Å²) in [5.74, 6) is -1.22. The highest BCUT2D eigenvalue weighted by Gasteiger charge is 2.48. The van der Waals surface area contributed by atoms with E-state index in [1.165, 1.54) is 11.2 Å². The van der Waals surface area contributed by atoms with E-state index in [4.69, 9.17) is 4.42 Å². The fraction of sp³-hybridized carbons (Fsp3) is 0.167. The number of ketones is 1. The van der Waals surface area contributed by atoms with Crippen molar-refractivity contribution in [2.45, 2.75) is 26.8 Å². The van der Waals surface area contributed by atoms with Gasteiger partial charge in [0.25, 0.3) is 11.7 Å². The quantitative estimate of drug-likeness (QED) is 0.397. The summed E-state index contributed by atoms with van der Waals surface area (Å²) in [6.07, 6.45) is 1.49. The molecular formula is C24H21NO4. The Morgan fingerprint density at radius 3 is 2.41 bits per heavy atom. The molecule has 0 spiro atoms. The van der Waals surface area contributed by atoms with E-state index in [1.807, 2.05) is 51.1 Å². The first kappa shape index (κ1) is 18.7. The molecule has 1 aliphatic heterocycles. The molecule has 0 aliphatic carbocycles. The molecule has 5 nitrogen and oxygen atoms in total. The largest absolute Gasteiger partial charge is 0.507 e. The van der Waals surface area contributed by atoms with Gasteiger partial charge < -0.3 is 9.52 Å². The number of aliphatic hydroxyl groups excluding tert-OH is 1. The maximum atomic E-state index is 13.0. The van der Waals surface area contributed by atoms with Gasteiger partial charge in [-0.05, 0) is 67.8 Å². The summed E-state index contributed by atoms with van der Waals surface area (Å²) in [5.41, 5.74) is 4.10. The SMILES string of the molecule is Cc1cccc(N2C(=O)C(=O)/C(=C(\O)c3ccc(C)c(C)c3)C2c2ccco2)c1. The van der Waals surface area contributed by atoms with Crippen molar-refractivity contribution in [3.63, 3.8) is 0 Å². The summed E-state index contributed by atoms with van der Waals surface area (Å²) < 4.78 is 5.56. The number of amides is 1. The number of anilines is 1. The predicted octanol–water partition coefficient (Wildman–Crippen LogP) is 4.83. The molecule has 1 aliphatic rings. The summed E-state index contributed by atoms with van der Waals surface area (Å²) in [4.78, 5) is 27.4. The molecule has 0 radical (unpaired) electrons. The lowest BCUT2D eigenvalue weighted by Crippen LogP contribution is -2.29. The molecule has 3 aromatic rings. The topological polar surface area (TPSA) is 70.8 Å². The first-order valence-electron chi connectivity index (χ1n) is 9.37. The number of nitrogens with zero attached hydrogens (tertiary/aromatic N) is 1. The summed E-state index contributed by atoms with van der Waals surface area (Å²) in [7, 11) is 0. The Morgan fingerprint density at radius 1 is 0.966 bits per heavy atom. The normalized spacial score (nSPS) is 18.4. The number of aliphatic hydroxyl groups is 1. The molecule has 29 heavy (non-hydrogen) atoms. The minimum absolute atomic E-state index is 0.0229. The Bertz CT molecular complexity index is 1140. The van der Waals surface area contributed by atoms with Crippen molar-refractivity contribution in [2.24, 2.45) is 0 Å². The van der Waals surface area contributed by atoms with E-state index >= 15 is 0 Å². The average molecular weight is 387 g/mol. The molecule has 4 rings (SSSR count). The van der Waals surface area contributed by atoms with Crippen molar-refractivity contribution < 1.29 is 19.1 Å². The highest BCUT2D eigenvalue weighted by Crippen LogP contribution is 2.42. The molecule has 2 aromatic carbocycles. The molecule has 1 atom stereocenters. The minimum Gasteiger partial charge on any atom is -0.507 e. The lowest BCUT2D eigenvalue weighted by atomic mass is 9.97. The van der Waals surface area contributed by atoms with Crippen LogP contribution < -0.4 is 4.90 Å². The van der Waals surface area contributed by atoms with Gasteiger partial charge in [0.1, 0.15) is 17.6 Å². The van der Waals surface area contributed by atoms with Crippen LogP contribution in [0.5, 0.6) is 0 Å². The molecular weight excluding hydrogens is 366 g/mol. The Morgan fingerprint density at radius 2 is 1.76 bits per heavy atom. The van der Waals surface area contributed by atoms with E-state index in [9.17, 15) is 14.7 Å². The van der Waals surface area contributed by atoms with Gasteiger partial charge in [0.15, 0.2) is 0 Å². The number of furan rings is 1. The molecule has 1 saturated heterocycles. The molecule has 1 fully saturated rings. The highest BCUT2D eigenvalue weighted by atomic mass is 16.3. The number of benzene rings is 2. The second-order valence-electron chi connectivity index (χ2n) is 7.32. The third kappa shape index (κ3) is 3.14. The number of rotatable bonds is 3. The molecule has 1 aromatic heterocycles. The molecule has 1 amide bonds. The van der Waals surface area contributed by atoms with E-state index in [0.29, 0.717) is 17.0 Å². The third-order valence-corrected chi connectivity index (χ3v) is 5.32. The van der Waals surface area contributed by atoms with Crippen LogP contribution in [0.1, 0.15) is 34.1 Å². The van der Waals surface area contributed by atoms with Crippen LogP contribution in [-0.4, -0.2) is 16.8 Å². The summed E-state index contributed by atoms with van der Waals surface area (Å²) >= 11 is 0. The first-order valence-corrected chi connectivity index (χ1v) is 9.37. The Kier molecular flexibility index (Phi) is 4.59. The number of Topliss-reactive ketones (excluding diaryl/α,β-unsaturated/α-hetero) is 1. The summed E-state index contributed by atoms with van der Waals surface area (Å²) in [6.45, 7) is 5.82. The van der Waals surface area contributed by atoms with Crippen LogP contribution in [0.4, 0.5) is 5.69 Å². The van der Waals surface area contributed by atoms with Crippen LogP contribution in [0, 0.1) is 20.8 Å². The van der Waals surface area contributed by atoms with Gasteiger partial charge in [0.2, 0.25) is 0 Å². The maximum Gasteiger partial charge on any atom is 0.300 e. The zero-order valence-corrected chi connectivity index (χ0v) is 16.5. The van der Waals surface area contributed by atoms with Crippen LogP contribution in [0.2, 0.25) is 0 Å². The Hall–Kier alpha value is -3.60. The maximum absolute atomic E-state index is 13.0. The van der Waals surface area contributed by atoms with E-state index in [2.05, 4.69) is 0 Å². The van der Waals surface area contributed by atoms with Crippen molar-refractivity contribution in [3.05, 3.63) is 94.4 Å². The van der Waals surface area contributed by atoms with Gasteiger partial charge in [-0.25, -0.2) is 0 Å². The van der Waals surface area contributed by atoms with E-state index in [0.717, 1.165) is 16.7 Å². The lowest BCUT2D eigenvalue weighted by Gasteiger charge is -2.23. The number of carbonyl (C=O) groups excluding carboxylic acids is 2. The minimum atomic E-state index is -0.839. The second kappa shape index (κ2) is 7.09. The molecule has 5 heteroatoms. The van der Waals surface area contributed by atoms with Crippen LogP contribution in [-0.2, 0) is 9.59 Å². The molecule has 1 unspecified atom stereocenters. The molecule has 0 bridgehead atoms. The average Bonchev–Trinajstić information content (AvgIpc) is 3.31. The molecule has 1 N–H and O–H groups in total. The van der Waals surface area contributed by atoms with Gasteiger partial charge in [-0.2, -0.15) is 0 Å². The first-order chi connectivity index (χ1) is 13.9. The van der Waals surface area contributed by atoms with E-state index in [1.54, 1.807) is 24.3 Å². The Balaban J connectivity index is 1.94. The van der Waals surface area contributed by atoms with Gasteiger partial charge in [-0.3, -0.25) is 14.5 Å². The van der Waals surface area contributed by atoms with Crippen LogP contribution in [0.15, 0.2) is 70.9 Å². The highest BCUT2D eigenvalue weighted by molar-refractivity contribution is 6.51.